The van der Waals surface area contributed by atoms with Crippen molar-refractivity contribution < 1.29 is 13.9 Å². The first-order chi connectivity index (χ1) is 10.1. The molecule has 1 nitrogen and oxygen atoms in total. The molecule has 3 aromatic carbocycles. The van der Waals surface area contributed by atoms with E-state index < -0.39 is 11.9 Å². The fourth-order valence-electron chi connectivity index (χ4n) is 2.56. The first-order valence-corrected chi connectivity index (χ1v) is 6.69. The van der Waals surface area contributed by atoms with Crippen LogP contribution in [0.2, 0.25) is 0 Å². The van der Waals surface area contributed by atoms with Gasteiger partial charge in [0.1, 0.15) is 17.7 Å². The van der Waals surface area contributed by atoms with Gasteiger partial charge in [-0.1, -0.05) is 48.0 Å². The summed E-state index contributed by atoms with van der Waals surface area (Å²) in [5.74, 6) is -0.826. The Balaban J connectivity index is 2.20. The minimum Gasteiger partial charge on any atom is -0.384 e. The largest absolute Gasteiger partial charge is 0.384 e. The van der Waals surface area contributed by atoms with E-state index in [-0.39, 0.29) is 11.4 Å². The van der Waals surface area contributed by atoms with Crippen LogP contribution in [-0.4, -0.2) is 5.11 Å². The molecule has 0 amide bonds. The van der Waals surface area contributed by atoms with Crippen LogP contribution in [-0.2, 0) is 0 Å². The van der Waals surface area contributed by atoms with Gasteiger partial charge in [-0.05, 0) is 30.0 Å². The highest BCUT2D eigenvalue weighted by atomic mass is 19.1. The lowest BCUT2D eigenvalue weighted by Gasteiger charge is -2.16. The lowest BCUT2D eigenvalue weighted by atomic mass is 9.94. The van der Waals surface area contributed by atoms with Crippen molar-refractivity contribution in [2.24, 2.45) is 0 Å². The standard InChI is InChI=1S/C18H14F2O/c1-11-6-8-17(20)15(10-11)18(21)14-7-9-16(19)13-5-3-2-4-12(13)14/h2-10,18,21H,1H3. The van der Waals surface area contributed by atoms with Gasteiger partial charge in [0.2, 0.25) is 0 Å². The average molecular weight is 284 g/mol. The molecule has 0 heterocycles. The third-order valence-electron chi connectivity index (χ3n) is 3.65. The molecule has 0 radical (unpaired) electrons. The highest BCUT2D eigenvalue weighted by Crippen LogP contribution is 2.31. The highest BCUT2D eigenvalue weighted by Gasteiger charge is 2.18. The summed E-state index contributed by atoms with van der Waals surface area (Å²) in [4.78, 5) is 0. The Morgan fingerprint density at radius 2 is 1.48 bits per heavy atom. The van der Waals surface area contributed by atoms with E-state index in [1.54, 1.807) is 36.4 Å². The van der Waals surface area contributed by atoms with Gasteiger partial charge in [-0.25, -0.2) is 8.78 Å². The van der Waals surface area contributed by atoms with Crippen LogP contribution in [0.15, 0.2) is 54.6 Å². The lowest BCUT2D eigenvalue weighted by Crippen LogP contribution is -2.04. The molecule has 0 bridgehead atoms. The van der Waals surface area contributed by atoms with Crippen LogP contribution in [0.5, 0.6) is 0 Å². The van der Waals surface area contributed by atoms with Crippen molar-refractivity contribution in [2.45, 2.75) is 13.0 Å². The quantitative estimate of drug-likeness (QED) is 0.734. The molecule has 1 atom stereocenters. The summed E-state index contributed by atoms with van der Waals surface area (Å²) >= 11 is 0. The number of aliphatic hydroxyl groups excluding tert-OH is 1. The van der Waals surface area contributed by atoms with Crippen LogP contribution in [0.25, 0.3) is 10.8 Å². The predicted octanol–water partition coefficient (Wildman–Crippen LogP) is 4.51. The van der Waals surface area contributed by atoms with Crippen LogP contribution in [0.4, 0.5) is 8.78 Å². The van der Waals surface area contributed by atoms with Gasteiger partial charge in [-0.15, -0.1) is 0 Å². The van der Waals surface area contributed by atoms with Gasteiger partial charge < -0.3 is 5.11 Å². The third kappa shape index (κ3) is 2.41. The van der Waals surface area contributed by atoms with Gasteiger partial charge in [-0.2, -0.15) is 0 Å². The number of benzene rings is 3. The number of rotatable bonds is 2. The molecule has 21 heavy (non-hydrogen) atoms. The summed E-state index contributed by atoms with van der Waals surface area (Å²) in [6.45, 7) is 1.83. The van der Waals surface area contributed by atoms with E-state index >= 15 is 0 Å². The lowest BCUT2D eigenvalue weighted by molar-refractivity contribution is 0.216. The zero-order valence-electron chi connectivity index (χ0n) is 11.5. The SMILES string of the molecule is Cc1ccc(F)c(C(O)c2ccc(F)c3ccccc23)c1. The minimum atomic E-state index is -1.13. The van der Waals surface area contributed by atoms with Gasteiger partial charge in [0.25, 0.3) is 0 Å². The van der Waals surface area contributed by atoms with E-state index in [0.29, 0.717) is 16.3 Å². The Bertz CT molecular complexity index is 811. The minimum absolute atomic E-state index is 0.201. The summed E-state index contributed by atoms with van der Waals surface area (Å²) < 4.78 is 27.8. The van der Waals surface area contributed by atoms with Crippen molar-refractivity contribution in [1.82, 2.24) is 0 Å². The molecule has 1 N–H and O–H groups in total. The van der Waals surface area contributed by atoms with Gasteiger partial charge in [0, 0.05) is 10.9 Å². The van der Waals surface area contributed by atoms with E-state index in [9.17, 15) is 13.9 Å². The number of hydrogen-bond donors (Lipinski definition) is 1. The molecule has 106 valence electrons. The molecule has 0 aliphatic carbocycles. The van der Waals surface area contributed by atoms with Crippen molar-refractivity contribution in [3.05, 3.63) is 82.9 Å². The van der Waals surface area contributed by atoms with Gasteiger partial charge in [0.15, 0.2) is 0 Å². The smallest absolute Gasteiger partial charge is 0.131 e. The number of hydrogen-bond acceptors (Lipinski definition) is 1. The van der Waals surface area contributed by atoms with Crippen LogP contribution >= 0.6 is 0 Å². The molecule has 0 spiro atoms. The molecule has 1 unspecified atom stereocenters. The zero-order chi connectivity index (χ0) is 15.0. The normalized spacial score (nSPS) is 12.6. The molecule has 0 aliphatic heterocycles. The monoisotopic (exact) mass is 284 g/mol. The molecule has 0 saturated carbocycles. The molecule has 3 rings (SSSR count). The fourth-order valence-corrected chi connectivity index (χ4v) is 2.56. The summed E-state index contributed by atoms with van der Waals surface area (Å²) in [6, 6.07) is 14.3. The second-order valence-corrected chi connectivity index (χ2v) is 5.11. The Labute approximate surface area is 121 Å². The van der Waals surface area contributed by atoms with E-state index in [1.165, 1.54) is 18.2 Å². The van der Waals surface area contributed by atoms with E-state index in [0.717, 1.165) is 5.56 Å². The molecule has 3 heteroatoms. The topological polar surface area (TPSA) is 20.2 Å². The fraction of sp³-hybridized carbons (Fsp3) is 0.111. The second-order valence-electron chi connectivity index (χ2n) is 5.11. The van der Waals surface area contributed by atoms with Gasteiger partial charge >= 0.3 is 0 Å². The van der Waals surface area contributed by atoms with Gasteiger partial charge in [0.05, 0.1) is 0 Å². The maximum Gasteiger partial charge on any atom is 0.131 e. The Morgan fingerprint density at radius 1 is 0.810 bits per heavy atom. The first-order valence-electron chi connectivity index (χ1n) is 6.69. The van der Waals surface area contributed by atoms with E-state index in [4.69, 9.17) is 0 Å². The number of fused-ring (bicyclic) bond motifs is 1. The van der Waals surface area contributed by atoms with E-state index in [2.05, 4.69) is 0 Å². The van der Waals surface area contributed by atoms with Crippen molar-refractivity contribution in [3.63, 3.8) is 0 Å². The molecule has 0 aromatic heterocycles. The first kappa shape index (κ1) is 13.7. The van der Waals surface area contributed by atoms with Crippen LogP contribution in [0.1, 0.15) is 22.8 Å². The Hall–Kier alpha value is -2.26. The van der Waals surface area contributed by atoms with Crippen LogP contribution in [0.3, 0.4) is 0 Å². The molecule has 0 aliphatic rings. The second kappa shape index (κ2) is 5.26. The van der Waals surface area contributed by atoms with Crippen molar-refractivity contribution in [2.75, 3.05) is 0 Å². The molecular formula is C18H14F2O. The Morgan fingerprint density at radius 3 is 2.24 bits per heavy atom. The molecular weight excluding hydrogens is 270 g/mol. The third-order valence-corrected chi connectivity index (χ3v) is 3.65. The maximum absolute atomic E-state index is 14.0. The van der Waals surface area contributed by atoms with Gasteiger partial charge in [-0.3, -0.25) is 0 Å². The summed E-state index contributed by atoms with van der Waals surface area (Å²) in [7, 11) is 0. The molecule has 0 fully saturated rings. The maximum atomic E-state index is 14.0. The summed E-state index contributed by atoms with van der Waals surface area (Å²) in [5, 5.41) is 11.5. The summed E-state index contributed by atoms with van der Waals surface area (Å²) in [5.41, 5.74) is 1.56. The van der Waals surface area contributed by atoms with E-state index in [1.807, 2.05) is 6.92 Å². The van der Waals surface area contributed by atoms with Crippen molar-refractivity contribution >= 4 is 10.8 Å². The Kier molecular flexibility index (Phi) is 3.43. The van der Waals surface area contributed by atoms with Crippen LogP contribution in [0, 0.1) is 18.6 Å². The number of aliphatic hydroxyl groups is 1. The van der Waals surface area contributed by atoms with Crippen molar-refractivity contribution in [1.29, 1.82) is 0 Å². The van der Waals surface area contributed by atoms with Crippen LogP contribution < -0.4 is 0 Å². The zero-order valence-corrected chi connectivity index (χ0v) is 11.5. The average Bonchev–Trinajstić information content (AvgIpc) is 2.50. The summed E-state index contributed by atoms with van der Waals surface area (Å²) in [6.07, 6.45) is -1.13. The number of aryl methyl sites for hydroxylation is 1. The number of halogens is 2. The molecule has 0 saturated heterocycles. The highest BCUT2D eigenvalue weighted by molar-refractivity contribution is 5.87. The predicted molar refractivity (Wildman–Crippen MR) is 79.1 cm³/mol. The van der Waals surface area contributed by atoms with Crippen molar-refractivity contribution in [3.8, 4) is 0 Å². The molecule has 3 aromatic rings.